The lowest BCUT2D eigenvalue weighted by atomic mass is 9.92. The molecule has 0 aliphatic carbocycles. The van der Waals surface area contributed by atoms with Crippen LogP contribution in [0, 0.1) is 13.8 Å². The third-order valence-corrected chi connectivity index (χ3v) is 2.81. The molecule has 0 saturated heterocycles. The molecule has 1 atom stereocenters. The van der Waals surface area contributed by atoms with Crippen LogP contribution < -0.4 is 10.5 Å². The van der Waals surface area contributed by atoms with E-state index in [1.54, 1.807) is 7.11 Å². The van der Waals surface area contributed by atoms with E-state index in [-0.39, 0.29) is 0 Å². The van der Waals surface area contributed by atoms with Crippen molar-refractivity contribution in [2.24, 2.45) is 5.73 Å². The van der Waals surface area contributed by atoms with E-state index in [2.05, 4.69) is 26.8 Å². The van der Waals surface area contributed by atoms with E-state index in [0.29, 0.717) is 12.5 Å². The van der Waals surface area contributed by atoms with Crippen LogP contribution in [0.3, 0.4) is 0 Å². The molecular formula is C12H19NO. The summed E-state index contributed by atoms with van der Waals surface area (Å²) in [6, 6.07) is 4.10. The summed E-state index contributed by atoms with van der Waals surface area (Å²) in [6.45, 7) is 7.02. The van der Waals surface area contributed by atoms with Gasteiger partial charge in [-0.15, -0.1) is 0 Å². The van der Waals surface area contributed by atoms with Crippen LogP contribution in [0.25, 0.3) is 0 Å². The second-order valence-corrected chi connectivity index (χ2v) is 3.76. The fraction of sp³-hybridized carbons (Fsp3) is 0.500. The highest BCUT2D eigenvalue weighted by Gasteiger charge is 2.13. The third kappa shape index (κ3) is 1.90. The Morgan fingerprint density at radius 3 is 2.50 bits per heavy atom. The molecule has 1 aromatic rings. The first kappa shape index (κ1) is 11.1. The molecule has 14 heavy (non-hydrogen) atoms. The van der Waals surface area contributed by atoms with E-state index in [1.165, 1.54) is 16.7 Å². The molecule has 0 amide bonds. The molecule has 2 N–H and O–H groups in total. The molecule has 0 bridgehead atoms. The Morgan fingerprint density at radius 1 is 1.36 bits per heavy atom. The van der Waals surface area contributed by atoms with Crippen LogP contribution >= 0.6 is 0 Å². The van der Waals surface area contributed by atoms with Crippen molar-refractivity contribution in [3.05, 3.63) is 28.8 Å². The first-order chi connectivity index (χ1) is 6.61. The first-order valence-electron chi connectivity index (χ1n) is 4.96. The zero-order valence-corrected chi connectivity index (χ0v) is 9.42. The molecule has 1 unspecified atom stereocenters. The molecule has 1 rings (SSSR count). The van der Waals surface area contributed by atoms with E-state index >= 15 is 0 Å². The Hall–Kier alpha value is -1.02. The van der Waals surface area contributed by atoms with Crippen LogP contribution in [-0.4, -0.2) is 13.7 Å². The van der Waals surface area contributed by atoms with Gasteiger partial charge in [-0.05, 0) is 43.5 Å². The molecule has 0 spiro atoms. The maximum atomic E-state index is 5.69. The molecular weight excluding hydrogens is 174 g/mol. The molecule has 0 aliphatic heterocycles. The SMILES string of the molecule is COc1ccc(C)c(C)c1C(C)CN. The summed E-state index contributed by atoms with van der Waals surface area (Å²) in [6.07, 6.45) is 0. The predicted molar refractivity (Wildman–Crippen MR) is 59.9 cm³/mol. The van der Waals surface area contributed by atoms with Gasteiger partial charge in [0.05, 0.1) is 7.11 Å². The topological polar surface area (TPSA) is 35.2 Å². The largest absolute Gasteiger partial charge is 0.496 e. The van der Waals surface area contributed by atoms with Gasteiger partial charge in [-0.25, -0.2) is 0 Å². The molecule has 0 heterocycles. The number of nitrogens with two attached hydrogens (primary N) is 1. The van der Waals surface area contributed by atoms with E-state index in [9.17, 15) is 0 Å². The number of methoxy groups -OCH3 is 1. The van der Waals surface area contributed by atoms with Crippen molar-refractivity contribution in [1.82, 2.24) is 0 Å². The third-order valence-electron chi connectivity index (χ3n) is 2.81. The minimum atomic E-state index is 0.352. The highest BCUT2D eigenvalue weighted by molar-refractivity contribution is 5.46. The van der Waals surface area contributed by atoms with E-state index in [4.69, 9.17) is 10.5 Å². The number of hydrogen-bond donors (Lipinski definition) is 1. The molecule has 1 aromatic carbocycles. The first-order valence-corrected chi connectivity index (χ1v) is 4.96. The van der Waals surface area contributed by atoms with Crippen molar-refractivity contribution in [2.75, 3.05) is 13.7 Å². The van der Waals surface area contributed by atoms with Crippen LogP contribution in [0.2, 0.25) is 0 Å². The van der Waals surface area contributed by atoms with Gasteiger partial charge in [0.25, 0.3) is 0 Å². The van der Waals surface area contributed by atoms with Crippen molar-refractivity contribution in [3.8, 4) is 5.75 Å². The van der Waals surface area contributed by atoms with E-state index < -0.39 is 0 Å². The van der Waals surface area contributed by atoms with Gasteiger partial charge in [-0.3, -0.25) is 0 Å². The van der Waals surface area contributed by atoms with Gasteiger partial charge in [-0.1, -0.05) is 13.0 Å². The van der Waals surface area contributed by atoms with Crippen LogP contribution in [0.4, 0.5) is 0 Å². The van der Waals surface area contributed by atoms with Crippen molar-refractivity contribution < 1.29 is 4.74 Å². The van der Waals surface area contributed by atoms with Crippen LogP contribution in [0.15, 0.2) is 12.1 Å². The van der Waals surface area contributed by atoms with Gasteiger partial charge >= 0.3 is 0 Å². The number of hydrogen-bond acceptors (Lipinski definition) is 2. The van der Waals surface area contributed by atoms with Crippen LogP contribution in [-0.2, 0) is 0 Å². The zero-order valence-electron chi connectivity index (χ0n) is 9.42. The fourth-order valence-corrected chi connectivity index (χ4v) is 1.72. The Morgan fingerprint density at radius 2 is 2.00 bits per heavy atom. The van der Waals surface area contributed by atoms with Gasteiger partial charge < -0.3 is 10.5 Å². The highest BCUT2D eigenvalue weighted by atomic mass is 16.5. The molecule has 0 saturated carbocycles. The maximum absolute atomic E-state index is 5.69. The van der Waals surface area contributed by atoms with E-state index in [0.717, 1.165) is 5.75 Å². The smallest absolute Gasteiger partial charge is 0.122 e. The standard InChI is InChI=1S/C12H19NO/c1-8-5-6-11(14-4)12(10(8)3)9(2)7-13/h5-6,9H,7,13H2,1-4H3. The predicted octanol–water partition coefficient (Wildman–Crippen LogP) is 2.37. The second kappa shape index (κ2) is 4.47. The van der Waals surface area contributed by atoms with Gasteiger partial charge in [0.2, 0.25) is 0 Å². The van der Waals surface area contributed by atoms with Gasteiger partial charge in [0.15, 0.2) is 0 Å². The van der Waals surface area contributed by atoms with Gasteiger partial charge in [-0.2, -0.15) is 0 Å². The Balaban J connectivity index is 3.27. The highest BCUT2D eigenvalue weighted by Crippen LogP contribution is 2.30. The van der Waals surface area contributed by atoms with Crippen molar-refractivity contribution >= 4 is 0 Å². The van der Waals surface area contributed by atoms with Crippen LogP contribution in [0.1, 0.15) is 29.5 Å². The molecule has 0 aromatic heterocycles. The molecule has 2 heteroatoms. The average Bonchev–Trinajstić information content (AvgIpc) is 2.20. The van der Waals surface area contributed by atoms with Crippen LogP contribution in [0.5, 0.6) is 5.75 Å². The maximum Gasteiger partial charge on any atom is 0.122 e. The lowest BCUT2D eigenvalue weighted by molar-refractivity contribution is 0.406. The molecule has 0 aliphatic rings. The van der Waals surface area contributed by atoms with Crippen molar-refractivity contribution in [3.63, 3.8) is 0 Å². The number of rotatable bonds is 3. The fourth-order valence-electron chi connectivity index (χ4n) is 1.72. The normalized spacial score (nSPS) is 12.6. The summed E-state index contributed by atoms with van der Waals surface area (Å²) in [5, 5.41) is 0. The van der Waals surface area contributed by atoms with Gasteiger partial charge in [0, 0.05) is 5.56 Å². The quantitative estimate of drug-likeness (QED) is 0.800. The summed E-state index contributed by atoms with van der Waals surface area (Å²) in [5.41, 5.74) is 9.52. The van der Waals surface area contributed by atoms with Crippen molar-refractivity contribution in [2.45, 2.75) is 26.7 Å². The lowest BCUT2D eigenvalue weighted by Crippen LogP contribution is -2.12. The monoisotopic (exact) mass is 193 g/mol. The molecule has 2 nitrogen and oxygen atoms in total. The Bertz CT molecular complexity index is 320. The molecule has 0 radical (unpaired) electrons. The summed E-state index contributed by atoms with van der Waals surface area (Å²) < 4.78 is 5.35. The zero-order chi connectivity index (χ0) is 10.7. The van der Waals surface area contributed by atoms with Crippen molar-refractivity contribution in [1.29, 1.82) is 0 Å². The molecule has 0 fully saturated rings. The number of benzene rings is 1. The summed E-state index contributed by atoms with van der Waals surface area (Å²) in [4.78, 5) is 0. The summed E-state index contributed by atoms with van der Waals surface area (Å²) in [7, 11) is 1.71. The Labute approximate surface area is 86.1 Å². The van der Waals surface area contributed by atoms with Gasteiger partial charge in [0.1, 0.15) is 5.75 Å². The number of ether oxygens (including phenoxy) is 1. The summed E-state index contributed by atoms with van der Waals surface area (Å²) >= 11 is 0. The number of aryl methyl sites for hydroxylation is 1. The Kier molecular flexibility index (Phi) is 3.53. The minimum Gasteiger partial charge on any atom is -0.496 e. The lowest BCUT2D eigenvalue weighted by Gasteiger charge is -2.18. The molecule has 78 valence electrons. The minimum absolute atomic E-state index is 0.352. The average molecular weight is 193 g/mol. The van der Waals surface area contributed by atoms with E-state index in [1.807, 2.05) is 6.07 Å². The second-order valence-electron chi connectivity index (χ2n) is 3.76. The summed E-state index contributed by atoms with van der Waals surface area (Å²) in [5.74, 6) is 1.30.